The summed E-state index contributed by atoms with van der Waals surface area (Å²) in [6.45, 7) is 0. The lowest BCUT2D eigenvalue weighted by Gasteiger charge is -2.17. The van der Waals surface area contributed by atoms with Gasteiger partial charge in [0.05, 0.1) is 33.1 Å². The van der Waals surface area contributed by atoms with Gasteiger partial charge in [-0.3, -0.25) is 29.9 Å². The van der Waals surface area contributed by atoms with Crippen molar-refractivity contribution < 1.29 is 0 Å². The number of aromatic nitrogens is 6. The lowest BCUT2D eigenvalue weighted by Crippen LogP contribution is -1.93. The number of nitrogens with zero attached hydrogens (tertiary/aromatic N) is 6. The number of pyridine rings is 6. The van der Waals surface area contributed by atoms with Crippen molar-refractivity contribution >= 4 is 65.4 Å². The Balaban J connectivity index is 1.34. The molecule has 6 nitrogen and oxygen atoms in total. The van der Waals surface area contributed by atoms with Gasteiger partial charge in [-0.15, -0.1) is 0 Å². The summed E-state index contributed by atoms with van der Waals surface area (Å²) in [6, 6.07) is 38.3. The molecular weight excluding hydrogens is 589 g/mol. The zero-order valence-electron chi connectivity index (χ0n) is 25.5. The van der Waals surface area contributed by atoms with Crippen molar-refractivity contribution in [3.63, 3.8) is 0 Å². The molecule has 0 saturated carbocycles. The first-order valence-corrected chi connectivity index (χ1v) is 15.8. The van der Waals surface area contributed by atoms with Crippen LogP contribution < -0.4 is 0 Å². The molecule has 6 heterocycles. The number of fused-ring (bicyclic) bond motifs is 9. The van der Waals surface area contributed by atoms with E-state index in [9.17, 15) is 0 Å². The van der Waals surface area contributed by atoms with Gasteiger partial charge in [-0.25, -0.2) is 0 Å². The third kappa shape index (κ3) is 4.06. The molecule has 0 saturated heterocycles. The Morgan fingerprint density at radius 3 is 0.854 bits per heavy atom. The second kappa shape index (κ2) is 10.4. The van der Waals surface area contributed by atoms with Gasteiger partial charge in [0.2, 0.25) is 0 Å². The molecule has 0 atom stereocenters. The van der Waals surface area contributed by atoms with Gasteiger partial charge in [-0.1, -0.05) is 36.4 Å². The molecule has 0 amide bonds. The highest BCUT2D eigenvalue weighted by atomic mass is 14.7. The van der Waals surface area contributed by atoms with Gasteiger partial charge in [-0.05, 0) is 106 Å². The third-order valence-corrected chi connectivity index (χ3v) is 9.25. The maximum atomic E-state index is 4.81. The van der Waals surface area contributed by atoms with Crippen LogP contribution in [0.4, 0.5) is 0 Å². The average Bonchev–Trinajstić information content (AvgIpc) is 3.16. The van der Waals surface area contributed by atoms with E-state index in [4.69, 9.17) is 29.9 Å². The summed E-state index contributed by atoms with van der Waals surface area (Å²) >= 11 is 0. The maximum absolute atomic E-state index is 4.81. The Hall–Kier alpha value is -6.66. The lowest BCUT2D eigenvalue weighted by molar-refractivity contribution is 1.37. The second-order valence-electron chi connectivity index (χ2n) is 12.0. The molecule has 6 heteroatoms. The van der Waals surface area contributed by atoms with E-state index < -0.39 is 0 Å². The van der Waals surface area contributed by atoms with Crippen LogP contribution in [-0.2, 0) is 0 Å². The Morgan fingerprint density at radius 1 is 0.271 bits per heavy atom. The Kier molecular flexibility index (Phi) is 5.77. The molecule has 10 aromatic rings. The van der Waals surface area contributed by atoms with Crippen molar-refractivity contribution in [2.24, 2.45) is 0 Å². The summed E-state index contributed by atoms with van der Waals surface area (Å²) in [5, 5.41) is 6.29. The van der Waals surface area contributed by atoms with Gasteiger partial charge in [0.15, 0.2) is 0 Å². The first-order valence-electron chi connectivity index (χ1n) is 15.8. The maximum Gasteiger partial charge on any atom is 0.0970 e. The quantitative estimate of drug-likeness (QED) is 0.185. The molecule has 0 spiro atoms. The van der Waals surface area contributed by atoms with Crippen molar-refractivity contribution in [2.75, 3.05) is 0 Å². The van der Waals surface area contributed by atoms with Crippen LogP contribution in [0.5, 0.6) is 0 Å². The summed E-state index contributed by atoms with van der Waals surface area (Å²) < 4.78 is 0. The predicted octanol–water partition coefficient (Wildman–Crippen LogP) is 9.98. The number of rotatable bonds is 3. The summed E-state index contributed by atoms with van der Waals surface area (Å²) in [7, 11) is 0. The van der Waals surface area contributed by atoms with Gasteiger partial charge in [-0.2, -0.15) is 0 Å². The van der Waals surface area contributed by atoms with Crippen LogP contribution in [0.1, 0.15) is 0 Å². The number of hydrogen-bond donors (Lipinski definition) is 0. The summed E-state index contributed by atoms with van der Waals surface area (Å²) in [4.78, 5) is 28.6. The van der Waals surface area contributed by atoms with Crippen LogP contribution in [0.2, 0.25) is 0 Å². The zero-order chi connectivity index (χ0) is 31.6. The molecule has 4 aromatic carbocycles. The van der Waals surface area contributed by atoms with E-state index in [-0.39, 0.29) is 0 Å². The van der Waals surface area contributed by atoms with Crippen LogP contribution in [0.15, 0.2) is 146 Å². The minimum atomic E-state index is 0.885. The minimum absolute atomic E-state index is 0.885. The zero-order valence-corrected chi connectivity index (χ0v) is 25.5. The van der Waals surface area contributed by atoms with Gasteiger partial charge in [0, 0.05) is 69.5 Å². The third-order valence-electron chi connectivity index (χ3n) is 9.25. The SMILES string of the molecule is c1cnc2c(c1)cc(-c1cc(-c3cc4cccnc4c4ncccc34)cc(-c3cc4cccnc4c4ncccc34)c1)c1cccnc12. The first kappa shape index (κ1) is 26.5. The molecule has 0 aliphatic rings. The molecule has 0 bridgehead atoms. The lowest BCUT2D eigenvalue weighted by atomic mass is 9.88. The van der Waals surface area contributed by atoms with E-state index in [1.807, 2.05) is 73.6 Å². The molecule has 0 aliphatic heterocycles. The molecule has 0 aliphatic carbocycles. The van der Waals surface area contributed by atoms with Crippen molar-refractivity contribution in [2.45, 2.75) is 0 Å². The van der Waals surface area contributed by atoms with Gasteiger partial charge < -0.3 is 0 Å². The molecule has 48 heavy (non-hydrogen) atoms. The molecular formula is C42H24N6. The largest absolute Gasteiger partial charge is 0.254 e. The predicted molar refractivity (Wildman–Crippen MR) is 195 cm³/mol. The normalized spacial score (nSPS) is 11.8. The smallest absolute Gasteiger partial charge is 0.0970 e. The fourth-order valence-corrected chi connectivity index (χ4v) is 7.14. The molecule has 10 rings (SSSR count). The van der Waals surface area contributed by atoms with E-state index >= 15 is 0 Å². The fraction of sp³-hybridized carbons (Fsp3) is 0. The summed E-state index contributed by atoms with van der Waals surface area (Å²) in [5.41, 5.74) is 11.9. The Morgan fingerprint density at radius 2 is 0.542 bits per heavy atom. The second-order valence-corrected chi connectivity index (χ2v) is 12.0. The topological polar surface area (TPSA) is 77.3 Å². The molecule has 222 valence electrons. The standard InChI is InChI=1S/C42H24N6/c1-7-25-22-34(31-10-4-16-46-40(31)37(25)43-13-1)28-19-29(35-23-26-8-2-14-44-38(26)41-32(35)11-5-17-47-41)21-30(20-28)36-24-27-9-3-15-45-39(27)42-33(36)12-6-18-48-42/h1-24H. The Labute approximate surface area is 274 Å². The van der Waals surface area contributed by atoms with Gasteiger partial charge >= 0.3 is 0 Å². The van der Waals surface area contributed by atoms with E-state index in [1.54, 1.807) is 0 Å². The number of hydrogen-bond acceptors (Lipinski definition) is 6. The monoisotopic (exact) mass is 612 g/mol. The average molecular weight is 613 g/mol. The van der Waals surface area contributed by atoms with E-state index in [2.05, 4.69) is 72.8 Å². The highest BCUT2D eigenvalue weighted by Crippen LogP contribution is 2.42. The van der Waals surface area contributed by atoms with Crippen molar-refractivity contribution in [1.29, 1.82) is 0 Å². The number of benzene rings is 4. The molecule has 0 fully saturated rings. The van der Waals surface area contributed by atoms with Crippen LogP contribution in [-0.4, -0.2) is 29.9 Å². The van der Waals surface area contributed by atoms with Crippen molar-refractivity contribution in [1.82, 2.24) is 29.9 Å². The highest BCUT2D eigenvalue weighted by molar-refractivity contribution is 6.14. The van der Waals surface area contributed by atoms with E-state index in [1.165, 1.54) is 0 Å². The molecule has 0 unspecified atom stereocenters. The summed E-state index contributed by atoms with van der Waals surface area (Å²) in [5.74, 6) is 0. The Bertz CT molecular complexity index is 2590. The molecule has 6 aromatic heterocycles. The first-order chi connectivity index (χ1) is 23.8. The molecule has 0 radical (unpaired) electrons. The van der Waals surface area contributed by atoms with Crippen LogP contribution in [0, 0.1) is 0 Å². The van der Waals surface area contributed by atoms with Crippen molar-refractivity contribution in [3.8, 4) is 33.4 Å². The van der Waals surface area contributed by atoms with Crippen LogP contribution in [0.3, 0.4) is 0 Å². The fourth-order valence-electron chi connectivity index (χ4n) is 7.14. The van der Waals surface area contributed by atoms with Gasteiger partial charge in [0.1, 0.15) is 0 Å². The van der Waals surface area contributed by atoms with E-state index in [0.717, 1.165) is 98.8 Å². The summed E-state index contributed by atoms with van der Waals surface area (Å²) in [6.07, 6.45) is 11.0. The highest BCUT2D eigenvalue weighted by Gasteiger charge is 2.18. The van der Waals surface area contributed by atoms with Crippen LogP contribution in [0.25, 0.3) is 98.8 Å². The van der Waals surface area contributed by atoms with Crippen molar-refractivity contribution in [3.05, 3.63) is 146 Å². The van der Waals surface area contributed by atoms with Gasteiger partial charge in [0.25, 0.3) is 0 Å². The minimum Gasteiger partial charge on any atom is -0.254 e. The molecule has 0 N–H and O–H groups in total. The van der Waals surface area contributed by atoms with E-state index in [0.29, 0.717) is 0 Å². The van der Waals surface area contributed by atoms with Crippen LogP contribution >= 0.6 is 0 Å².